The summed E-state index contributed by atoms with van der Waals surface area (Å²) in [6.45, 7) is 3.77. The molecule has 3 nitrogen and oxygen atoms in total. The van der Waals surface area contributed by atoms with Gasteiger partial charge in [-0.2, -0.15) is 0 Å². The van der Waals surface area contributed by atoms with Crippen LogP contribution in [0.3, 0.4) is 0 Å². The Morgan fingerprint density at radius 2 is 2.29 bits per heavy atom. The molecule has 0 aliphatic heterocycles. The Morgan fingerprint density at radius 3 is 2.88 bits per heavy atom. The van der Waals surface area contributed by atoms with Crippen LogP contribution in [0.25, 0.3) is 0 Å². The largest absolute Gasteiger partial charge is 0.463 e. The number of rotatable bonds is 4. The van der Waals surface area contributed by atoms with Crippen LogP contribution in [-0.4, -0.2) is 12.6 Å². The van der Waals surface area contributed by atoms with E-state index in [0.29, 0.717) is 22.5 Å². The van der Waals surface area contributed by atoms with E-state index < -0.39 is 5.97 Å². The fraction of sp³-hybridized carbons (Fsp3) is 0.250. The SMILES string of the molecule is CCOC(=O)C=C(C)Nc1ccc(Br)c(F)c1. The van der Waals surface area contributed by atoms with E-state index in [1.807, 2.05) is 0 Å². The average Bonchev–Trinajstić information content (AvgIpc) is 2.23. The van der Waals surface area contributed by atoms with Gasteiger partial charge in [0.2, 0.25) is 0 Å². The normalized spacial score (nSPS) is 11.2. The Labute approximate surface area is 108 Å². The maximum absolute atomic E-state index is 13.2. The lowest BCUT2D eigenvalue weighted by molar-refractivity contribution is -0.137. The number of esters is 1. The quantitative estimate of drug-likeness (QED) is 0.683. The van der Waals surface area contributed by atoms with Gasteiger partial charge in [-0.25, -0.2) is 9.18 Å². The molecule has 0 aliphatic carbocycles. The lowest BCUT2D eigenvalue weighted by Gasteiger charge is -2.07. The highest BCUT2D eigenvalue weighted by atomic mass is 79.9. The number of hydrogen-bond acceptors (Lipinski definition) is 3. The highest BCUT2D eigenvalue weighted by molar-refractivity contribution is 9.10. The zero-order valence-electron chi connectivity index (χ0n) is 9.59. The Balaban J connectivity index is 2.70. The van der Waals surface area contributed by atoms with Crippen LogP contribution in [0.1, 0.15) is 13.8 Å². The van der Waals surface area contributed by atoms with Crippen molar-refractivity contribution in [1.29, 1.82) is 0 Å². The van der Waals surface area contributed by atoms with E-state index in [1.165, 1.54) is 12.1 Å². The fourth-order valence-electron chi connectivity index (χ4n) is 1.20. The molecule has 0 heterocycles. The van der Waals surface area contributed by atoms with Crippen molar-refractivity contribution in [2.45, 2.75) is 13.8 Å². The summed E-state index contributed by atoms with van der Waals surface area (Å²) in [6, 6.07) is 4.64. The van der Waals surface area contributed by atoms with Gasteiger partial charge >= 0.3 is 5.97 Å². The number of carbonyl (C=O) groups excluding carboxylic acids is 1. The van der Waals surface area contributed by atoms with Crippen LogP contribution in [-0.2, 0) is 9.53 Å². The van der Waals surface area contributed by atoms with Crippen molar-refractivity contribution in [2.75, 3.05) is 11.9 Å². The summed E-state index contributed by atoms with van der Waals surface area (Å²) in [6.07, 6.45) is 1.32. The molecule has 0 unspecified atom stereocenters. The minimum Gasteiger partial charge on any atom is -0.463 e. The highest BCUT2D eigenvalue weighted by Gasteiger charge is 2.02. The summed E-state index contributed by atoms with van der Waals surface area (Å²) in [5, 5.41) is 2.90. The first-order chi connectivity index (χ1) is 8.02. The van der Waals surface area contributed by atoms with E-state index in [9.17, 15) is 9.18 Å². The molecule has 0 saturated carbocycles. The second-order valence-corrected chi connectivity index (χ2v) is 4.19. The predicted octanol–water partition coefficient (Wildman–Crippen LogP) is 3.47. The molecule has 0 bridgehead atoms. The molecule has 5 heteroatoms. The summed E-state index contributed by atoms with van der Waals surface area (Å²) < 4.78 is 18.4. The van der Waals surface area contributed by atoms with E-state index in [2.05, 4.69) is 21.2 Å². The molecular weight excluding hydrogens is 289 g/mol. The van der Waals surface area contributed by atoms with E-state index >= 15 is 0 Å². The first kappa shape index (κ1) is 13.7. The van der Waals surface area contributed by atoms with Crippen LogP contribution in [0.4, 0.5) is 10.1 Å². The summed E-state index contributed by atoms with van der Waals surface area (Å²) in [4.78, 5) is 11.1. The first-order valence-electron chi connectivity index (χ1n) is 5.10. The first-order valence-corrected chi connectivity index (χ1v) is 5.89. The van der Waals surface area contributed by atoms with Crippen molar-refractivity contribution < 1.29 is 13.9 Å². The molecular formula is C12H13BrFNO2. The lowest BCUT2D eigenvalue weighted by Crippen LogP contribution is -2.04. The predicted molar refractivity (Wildman–Crippen MR) is 68.1 cm³/mol. The molecule has 0 amide bonds. The van der Waals surface area contributed by atoms with Gasteiger partial charge in [0.05, 0.1) is 11.1 Å². The Bertz CT molecular complexity index is 446. The molecule has 0 aromatic heterocycles. The summed E-state index contributed by atoms with van der Waals surface area (Å²) >= 11 is 3.06. The molecule has 0 saturated heterocycles. The van der Waals surface area contributed by atoms with Crippen LogP contribution in [0.2, 0.25) is 0 Å². The monoisotopic (exact) mass is 301 g/mol. The van der Waals surface area contributed by atoms with Crippen LogP contribution in [0, 0.1) is 5.82 Å². The fourth-order valence-corrected chi connectivity index (χ4v) is 1.44. The lowest BCUT2D eigenvalue weighted by atomic mass is 10.3. The Kier molecular flexibility index (Phi) is 5.15. The second kappa shape index (κ2) is 6.39. The molecule has 0 radical (unpaired) electrons. The van der Waals surface area contributed by atoms with E-state index in [4.69, 9.17) is 4.74 Å². The van der Waals surface area contributed by atoms with Crippen molar-refractivity contribution in [3.05, 3.63) is 40.3 Å². The van der Waals surface area contributed by atoms with E-state index in [0.717, 1.165) is 0 Å². The van der Waals surface area contributed by atoms with Gasteiger partial charge < -0.3 is 10.1 Å². The van der Waals surface area contributed by atoms with Crippen molar-refractivity contribution in [3.63, 3.8) is 0 Å². The van der Waals surface area contributed by atoms with Gasteiger partial charge in [-0.3, -0.25) is 0 Å². The van der Waals surface area contributed by atoms with Crippen LogP contribution in [0.15, 0.2) is 34.4 Å². The summed E-state index contributed by atoms with van der Waals surface area (Å²) in [5.74, 6) is -0.783. The average molecular weight is 302 g/mol. The number of benzene rings is 1. The van der Waals surface area contributed by atoms with Gasteiger partial charge in [0.1, 0.15) is 5.82 Å². The molecule has 0 atom stereocenters. The molecule has 1 N–H and O–H groups in total. The smallest absolute Gasteiger partial charge is 0.332 e. The molecule has 1 aromatic rings. The molecule has 0 fully saturated rings. The van der Waals surface area contributed by atoms with Gasteiger partial charge in [0, 0.05) is 17.5 Å². The highest BCUT2D eigenvalue weighted by Crippen LogP contribution is 2.20. The van der Waals surface area contributed by atoms with Crippen molar-refractivity contribution in [1.82, 2.24) is 0 Å². The molecule has 1 aromatic carbocycles. The number of ether oxygens (including phenoxy) is 1. The molecule has 1 rings (SSSR count). The van der Waals surface area contributed by atoms with Crippen LogP contribution < -0.4 is 5.32 Å². The van der Waals surface area contributed by atoms with Crippen LogP contribution in [0.5, 0.6) is 0 Å². The van der Waals surface area contributed by atoms with Gasteiger partial charge in [0.15, 0.2) is 0 Å². The third kappa shape index (κ3) is 4.56. The van der Waals surface area contributed by atoms with E-state index in [1.54, 1.807) is 26.0 Å². The van der Waals surface area contributed by atoms with Crippen LogP contribution >= 0.6 is 15.9 Å². The van der Waals surface area contributed by atoms with Crippen molar-refractivity contribution in [3.8, 4) is 0 Å². The zero-order valence-corrected chi connectivity index (χ0v) is 11.2. The maximum Gasteiger partial charge on any atom is 0.332 e. The minimum absolute atomic E-state index is 0.329. The molecule has 0 spiro atoms. The number of allylic oxidation sites excluding steroid dienone is 1. The maximum atomic E-state index is 13.2. The van der Waals surface area contributed by atoms with Gasteiger partial charge in [0.25, 0.3) is 0 Å². The topological polar surface area (TPSA) is 38.3 Å². The third-order valence-electron chi connectivity index (χ3n) is 1.88. The number of nitrogens with one attached hydrogen (secondary N) is 1. The molecule has 92 valence electrons. The number of anilines is 1. The number of carbonyl (C=O) groups is 1. The van der Waals surface area contributed by atoms with E-state index in [-0.39, 0.29) is 5.82 Å². The standard InChI is InChI=1S/C12H13BrFNO2/c1-3-17-12(16)6-8(2)15-9-4-5-10(13)11(14)7-9/h4-7,15H,3H2,1-2H3. The number of halogens is 2. The minimum atomic E-state index is -0.421. The van der Waals surface area contributed by atoms with Gasteiger partial charge in [-0.15, -0.1) is 0 Å². The van der Waals surface area contributed by atoms with Crippen molar-refractivity contribution in [2.24, 2.45) is 0 Å². The Hall–Kier alpha value is -1.36. The second-order valence-electron chi connectivity index (χ2n) is 3.33. The summed E-state index contributed by atoms with van der Waals surface area (Å²) in [5.41, 5.74) is 1.16. The number of hydrogen-bond donors (Lipinski definition) is 1. The Morgan fingerprint density at radius 1 is 1.59 bits per heavy atom. The van der Waals surface area contributed by atoms with Gasteiger partial charge in [-0.05, 0) is 48.0 Å². The molecule has 0 aliphatic rings. The van der Waals surface area contributed by atoms with Gasteiger partial charge in [-0.1, -0.05) is 0 Å². The zero-order chi connectivity index (χ0) is 12.8. The summed E-state index contributed by atoms with van der Waals surface area (Å²) in [7, 11) is 0. The molecule has 17 heavy (non-hydrogen) atoms. The third-order valence-corrected chi connectivity index (χ3v) is 2.53. The van der Waals surface area contributed by atoms with Crippen molar-refractivity contribution >= 4 is 27.6 Å².